The number of hydrogen-bond donors (Lipinski definition) is 2. The van der Waals surface area contributed by atoms with Crippen molar-refractivity contribution >= 4 is 28.5 Å². The minimum Gasteiger partial charge on any atom is -0.369 e. The lowest BCUT2D eigenvalue weighted by atomic mass is 10.5. The van der Waals surface area contributed by atoms with Crippen LogP contribution in [0.15, 0.2) is 12.2 Å². The number of rotatable bonds is 1. The van der Waals surface area contributed by atoms with Gasteiger partial charge in [-0.25, -0.2) is 4.31 Å². The lowest BCUT2D eigenvalue weighted by molar-refractivity contribution is -0.123. The monoisotopic (exact) mass is 163 g/mol. The predicted molar refractivity (Wildman–Crippen MR) is 38.6 cm³/mol. The highest BCUT2D eigenvalue weighted by Gasteiger charge is 2.22. The predicted octanol–water partition coefficient (Wildman–Crippen LogP) is 0.196. The first-order valence-electron chi connectivity index (χ1n) is 2.26. The van der Waals surface area contributed by atoms with Crippen LogP contribution in [-0.4, -0.2) is 21.5 Å². The molecule has 0 spiro atoms. The summed E-state index contributed by atoms with van der Waals surface area (Å²) in [6.07, 6.45) is 1.92. The molecule has 0 aliphatic carbocycles. The molecule has 50 valence electrons. The molecule has 0 saturated heterocycles. The van der Waals surface area contributed by atoms with Crippen LogP contribution in [0.25, 0.3) is 0 Å². The van der Waals surface area contributed by atoms with Crippen molar-refractivity contribution in [2.45, 2.75) is 6.23 Å². The summed E-state index contributed by atoms with van der Waals surface area (Å²) < 4.78 is 1.16. The van der Waals surface area contributed by atoms with Crippen molar-refractivity contribution in [3.8, 4) is 0 Å². The summed E-state index contributed by atoms with van der Waals surface area (Å²) >= 11 is 3.76. The maximum absolute atomic E-state index is 10.6. The van der Waals surface area contributed by atoms with Crippen LogP contribution in [0.4, 0.5) is 0 Å². The zero-order valence-corrected chi connectivity index (χ0v) is 6.10. The van der Waals surface area contributed by atoms with Crippen LogP contribution in [0.3, 0.4) is 0 Å². The second-order valence-electron chi connectivity index (χ2n) is 1.52. The van der Waals surface area contributed by atoms with E-state index in [9.17, 15) is 4.79 Å². The summed E-state index contributed by atoms with van der Waals surface area (Å²) in [5.74, 6) is -0.220. The van der Waals surface area contributed by atoms with Gasteiger partial charge < -0.3 is 5.11 Å². The molecule has 9 heavy (non-hydrogen) atoms. The Bertz CT molecular complexity index is 159. The van der Waals surface area contributed by atoms with Gasteiger partial charge in [0.05, 0.1) is 0 Å². The number of hydrogen-bond acceptors (Lipinski definition) is 4. The second kappa shape index (κ2) is 2.64. The van der Waals surface area contributed by atoms with Crippen molar-refractivity contribution < 1.29 is 9.90 Å². The number of amides is 1. The molecule has 1 rings (SSSR count). The summed E-state index contributed by atoms with van der Waals surface area (Å²) in [5, 5.41) is 8.91. The van der Waals surface area contributed by atoms with Crippen molar-refractivity contribution in [1.29, 1.82) is 0 Å². The molecule has 0 fully saturated rings. The molecule has 5 heteroatoms. The van der Waals surface area contributed by atoms with E-state index in [1.807, 2.05) is 0 Å². The minimum absolute atomic E-state index is 0.220. The molecule has 0 saturated carbocycles. The average Bonchev–Trinajstić information content (AvgIpc) is 2.12. The zero-order valence-electron chi connectivity index (χ0n) is 4.39. The van der Waals surface area contributed by atoms with E-state index in [0.717, 1.165) is 15.3 Å². The van der Waals surface area contributed by atoms with Gasteiger partial charge in [-0.3, -0.25) is 4.79 Å². The maximum Gasteiger partial charge on any atom is 0.259 e. The van der Waals surface area contributed by atoms with Crippen molar-refractivity contribution in [1.82, 2.24) is 4.31 Å². The number of thiol groups is 1. The van der Waals surface area contributed by atoms with Gasteiger partial charge in [-0.05, 0) is 6.08 Å². The quantitative estimate of drug-likeness (QED) is 0.329. The van der Waals surface area contributed by atoms with Crippen LogP contribution in [0.5, 0.6) is 0 Å². The van der Waals surface area contributed by atoms with Crippen molar-refractivity contribution in [2.75, 3.05) is 0 Å². The van der Waals surface area contributed by atoms with E-state index >= 15 is 0 Å². The van der Waals surface area contributed by atoms with Crippen LogP contribution in [0, 0.1) is 0 Å². The van der Waals surface area contributed by atoms with Gasteiger partial charge in [0, 0.05) is 17.1 Å². The molecule has 3 nitrogen and oxygen atoms in total. The summed E-state index contributed by atoms with van der Waals surface area (Å²) in [4.78, 5) is 10.6. The van der Waals surface area contributed by atoms with Crippen LogP contribution in [0.1, 0.15) is 0 Å². The first-order valence-corrected chi connectivity index (χ1v) is 4.09. The molecule has 1 unspecified atom stereocenters. The van der Waals surface area contributed by atoms with E-state index < -0.39 is 6.23 Å². The van der Waals surface area contributed by atoms with Gasteiger partial charge in [-0.2, -0.15) is 0 Å². The van der Waals surface area contributed by atoms with E-state index in [1.54, 1.807) is 0 Å². The maximum atomic E-state index is 10.6. The van der Waals surface area contributed by atoms with Gasteiger partial charge in [0.1, 0.15) is 0 Å². The smallest absolute Gasteiger partial charge is 0.259 e. The van der Waals surface area contributed by atoms with E-state index in [-0.39, 0.29) is 5.91 Å². The standard InChI is InChI=1S/C4H5NO2S2/c6-3-1-2-4(7)5(3)9-8/h1-3,6,8H. The van der Waals surface area contributed by atoms with Gasteiger partial charge in [0.25, 0.3) is 5.91 Å². The molecular weight excluding hydrogens is 158 g/mol. The van der Waals surface area contributed by atoms with E-state index in [2.05, 4.69) is 11.7 Å². The summed E-state index contributed by atoms with van der Waals surface area (Å²) in [7, 11) is 0.914. The number of carbonyl (C=O) groups is 1. The zero-order chi connectivity index (χ0) is 6.85. The fourth-order valence-electron chi connectivity index (χ4n) is 0.539. The molecule has 1 aliphatic rings. The topological polar surface area (TPSA) is 40.5 Å². The van der Waals surface area contributed by atoms with Crippen LogP contribution < -0.4 is 0 Å². The minimum atomic E-state index is -0.806. The van der Waals surface area contributed by atoms with Gasteiger partial charge in [0.2, 0.25) is 0 Å². The average molecular weight is 163 g/mol. The summed E-state index contributed by atoms with van der Waals surface area (Å²) in [6.45, 7) is 0. The van der Waals surface area contributed by atoms with Gasteiger partial charge in [-0.15, -0.1) is 0 Å². The number of aliphatic hydroxyl groups is 1. The largest absolute Gasteiger partial charge is 0.369 e. The fourth-order valence-corrected chi connectivity index (χ4v) is 1.38. The number of aliphatic hydroxyl groups excluding tert-OH is 1. The Kier molecular flexibility index (Phi) is 2.05. The lowest BCUT2D eigenvalue weighted by Crippen LogP contribution is -2.25. The van der Waals surface area contributed by atoms with Crippen LogP contribution in [-0.2, 0) is 4.79 Å². The third-order valence-corrected chi connectivity index (χ3v) is 2.06. The molecule has 0 radical (unpaired) electrons. The van der Waals surface area contributed by atoms with Gasteiger partial charge in [0.15, 0.2) is 6.23 Å². The molecule has 1 aliphatic heterocycles. The first kappa shape index (κ1) is 6.98. The Labute approximate surface area is 61.7 Å². The Morgan fingerprint density at radius 1 is 1.89 bits per heavy atom. The van der Waals surface area contributed by atoms with E-state index in [4.69, 9.17) is 5.11 Å². The Hall–Kier alpha value is -0.130. The van der Waals surface area contributed by atoms with Gasteiger partial charge >= 0.3 is 0 Å². The highest BCUT2D eigenvalue weighted by Crippen LogP contribution is 2.21. The molecule has 0 aromatic carbocycles. The van der Waals surface area contributed by atoms with Gasteiger partial charge in [-0.1, -0.05) is 11.7 Å². The van der Waals surface area contributed by atoms with Crippen molar-refractivity contribution in [3.63, 3.8) is 0 Å². The lowest BCUT2D eigenvalue weighted by Gasteiger charge is -2.14. The van der Waals surface area contributed by atoms with Crippen LogP contribution in [0.2, 0.25) is 0 Å². The Balaban J connectivity index is 2.63. The SMILES string of the molecule is O=C1C=CC(O)N1SS. The highest BCUT2D eigenvalue weighted by atomic mass is 33.1. The molecule has 1 amide bonds. The first-order chi connectivity index (χ1) is 4.25. The molecule has 1 heterocycles. The molecular formula is C4H5NO2S2. The Morgan fingerprint density at radius 3 is 2.78 bits per heavy atom. The highest BCUT2D eigenvalue weighted by molar-refractivity contribution is 8.67. The fraction of sp³-hybridized carbons (Fsp3) is 0.250. The Morgan fingerprint density at radius 2 is 2.56 bits per heavy atom. The number of carbonyl (C=O) groups excluding carboxylic acids is 1. The summed E-state index contributed by atoms with van der Waals surface area (Å²) in [5.41, 5.74) is 0. The second-order valence-corrected chi connectivity index (χ2v) is 2.57. The third kappa shape index (κ3) is 1.23. The van der Waals surface area contributed by atoms with Crippen LogP contribution >= 0.6 is 22.6 Å². The summed E-state index contributed by atoms with van der Waals surface area (Å²) in [6, 6.07) is 0. The molecule has 1 atom stereocenters. The molecule has 1 N–H and O–H groups in total. The normalized spacial score (nSPS) is 25.8. The van der Waals surface area contributed by atoms with E-state index in [1.165, 1.54) is 12.2 Å². The third-order valence-electron chi connectivity index (χ3n) is 0.956. The molecule has 0 aromatic rings. The van der Waals surface area contributed by atoms with E-state index in [0.29, 0.717) is 0 Å². The number of nitrogens with zero attached hydrogens (tertiary/aromatic N) is 1. The van der Waals surface area contributed by atoms with Crippen molar-refractivity contribution in [3.05, 3.63) is 12.2 Å². The molecule has 0 aromatic heterocycles. The van der Waals surface area contributed by atoms with Crippen molar-refractivity contribution in [2.24, 2.45) is 0 Å². The molecule has 0 bridgehead atoms.